The van der Waals surface area contributed by atoms with Crippen molar-refractivity contribution >= 4 is 5.95 Å². The molecule has 0 aliphatic carbocycles. The van der Waals surface area contributed by atoms with Crippen molar-refractivity contribution in [1.29, 1.82) is 0 Å². The second-order valence-corrected chi connectivity index (χ2v) is 5.72. The lowest BCUT2D eigenvalue weighted by molar-refractivity contribution is 0.415. The minimum Gasteiger partial charge on any atom is -0.497 e. The van der Waals surface area contributed by atoms with Gasteiger partial charge in [0.25, 0.3) is 0 Å². The van der Waals surface area contributed by atoms with Gasteiger partial charge in [-0.25, -0.2) is 14.6 Å². The molecule has 8 heteroatoms. The van der Waals surface area contributed by atoms with E-state index in [0.29, 0.717) is 12.5 Å². The van der Waals surface area contributed by atoms with E-state index in [2.05, 4.69) is 30.6 Å². The Morgan fingerprint density at radius 3 is 2.89 bits per heavy atom. The third-order valence-electron chi connectivity index (χ3n) is 4.02. The number of benzene rings is 2. The van der Waals surface area contributed by atoms with E-state index in [0.717, 1.165) is 28.3 Å². The Hall–Kier alpha value is -3.81. The summed E-state index contributed by atoms with van der Waals surface area (Å²) in [5.74, 6) is 1.21. The van der Waals surface area contributed by atoms with E-state index < -0.39 is 0 Å². The van der Waals surface area contributed by atoms with E-state index in [-0.39, 0.29) is 0 Å². The standard InChI is InChI=1S/C19H17N7O/c1-27-16-7-4-6-14(9-16)17-11-22-25-19(24-17)21-10-15-5-2-3-8-18(15)26-13-20-12-23-26/h2-9,11-13H,10H2,1H3,(H,21,24,25). The fourth-order valence-electron chi connectivity index (χ4n) is 2.69. The van der Waals surface area contributed by atoms with Crippen molar-refractivity contribution in [3.8, 4) is 22.7 Å². The lowest BCUT2D eigenvalue weighted by Crippen LogP contribution is -2.08. The fraction of sp³-hybridized carbons (Fsp3) is 0.105. The van der Waals surface area contributed by atoms with Gasteiger partial charge >= 0.3 is 0 Å². The molecule has 0 bridgehead atoms. The van der Waals surface area contributed by atoms with Gasteiger partial charge in [-0.15, -0.1) is 5.10 Å². The third kappa shape index (κ3) is 3.74. The van der Waals surface area contributed by atoms with Gasteiger partial charge in [0.05, 0.1) is 24.7 Å². The number of rotatable bonds is 6. The molecule has 0 unspecified atom stereocenters. The van der Waals surface area contributed by atoms with Crippen molar-refractivity contribution in [2.24, 2.45) is 0 Å². The second kappa shape index (κ2) is 7.61. The minimum absolute atomic E-state index is 0.448. The number of hydrogen-bond acceptors (Lipinski definition) is 7. The molecule has 0 atom stereocenters. The van der Waals surface area contributed by atoms with E-state index in [1.165, 1.54) is 6.33 Å². The van der Waals surface area contributed by atoms with Gasteiger partial charge in [-0.2, -0.15) is 10.2 Å². The molecule has 27 heavy (non-hydrogen) atoms. The maximum absolute atomic E-state index is 5.27. The molecule has 4 aromatic rings. The number of nitrogens with one attached hydrogen (secondary N) is 1. The normalized spacial score (nSPS) is 10.6. The number of hydrogen-bond donors (Lipinski definition) is 1. The zero-order valence-electron chi connectivity index (χ0n) is 14.6. The van der Waals surface area contributed by atoms with Gasteiger partial charge in [-0.3, -0.25) is 0 Å². The summed E-state index contributed by atoms with van der Waals surface area (Å²) in [6, 6.07) is 15.6. The summed E-state index contributed by atoms with van der Waals surface area (Å²) in [5.41, 5.74) is 3.61. The van der Waals surface area contributed by atoms with Crippen molar-refractivity contribution in [2.75, 3.05) is 12.4 Å². The number of para-hydroxylation sites is 1. The number of methoxy groups -OCH3 is 1. The molecule has 0 fully saturated rings. The van der Waals surface area contributed by atoms with Crippen LogP contribution in [-0.4, -0.2) is 37.1 Å². The molecule has 0 radical (unpaired) electrons. The smallest absolute Gasteiger partial charge is 0.243 e. The van der Waals surface area contributed by atoms with Gasteiger partial charge < -0.3 is 10.1 Å². The minimum atomic E-state index is 0.448. The maximum Gasteiger partial charge on any atom is 0.243 e. The van der Waals surface area contributed by atoms with Crippen LogP contribution in [0, 0.1) is 0 Å². The van der Waals surface area contributed by atoms with Gasteiger partial charge in [-0.05, 0) is 23.8 Å². The first-order valence-electron chi connectivity index (χ1n) is 8.34. The summed E-state index contributed by atoms with van der Waals surface area (Å²) in [6.07, 6.45) is 4.80. The molecular weight excluding hydrogens is 342 g/mol. The van der Waals surface area contributed by atoms with Crippen LogP contribution in [0.15, 0.2) is 67.4 Å². The van der Waals surface area contributed by atoms with Crippen LogP contribution in [0.1, 0.15) is 5.56 Å². The van der Waals surface area contributed by atoms with Crippen LogP contribution in [0.2, 0.25) is 0 Å². The van der Waals surface area contributed by atoms with E-state index in [1.54, 1.807) is 24.3 Å². The van der Waals surface area contributed by atoms with Crippen LogP contribution in [0.25, 0.3) is 16.9 Å². The van der Waals surface area contributed by atoms with Crippen LogP contribution in [0.5, 0.6) is 5.75 Å². The Morgan fingerprint density at radius 1 is 1.11 bits per heavy atom. The number of aromatic nitrogens is 6. The van der Waals surface area contributed by atoms with Crippen LogP contribution in [0.4, 0.5) is 5.95 Å². The summed E-state index contributed by atoms with van der Waals surface area (Å²) in [4.78, 5) is 8.55. The van der Waals surface area contributed by atoms with E-state index in [4.69, 9.17) is 4.74 Å². The van der Waals surface area contributed by atoms with Crippen molar-refractivity contribution in [3.05, 3.63) is 72.9 Å². The average molecular weight is 359 g/mol. The lowest BCUT2D eigenvalue weighted by atomic mass is 10.1. The molecule has 8 nitrogen and oxygen atoms in total. The lowest BCUT2D eigenvalue weighted by Gasteiger charge is -2.10. The van der Waals surface area contributed by atoms with Crippen molar-refractivity contribution in [1.82, 2.24) is 29.9 Å². The van der Waals surface area contributed by atoms with Crippen molar-refractivity contribution in [2.45, 2.75) is 6.54 Å². The van der Waals surface area contributed by atoms with Gasteiger partial charge in [-0.1, -0.05) is 30.3 Å². The number of anilines is 1. The average Bonchev–Trinajstić information content (AvgIpc) is 3.27. The fourth-order valence-corrected chi connectivity index (χ4v) is 2.69. The van der Waals surface area contributed by atoms with Crippen LogP contribution in [-0.2, 0) is 6.54 Å². The maximum atomic E-state index is 5.27. The van der Waals surface area contributed by atoms with Gasteiger partial charge in [0, 0.05) is 12.1 Å². The molecule has 2 aromatic carbocycles. The van der Waals surface area contributed by atoms with Crippen LogP contribution in [0.3, 0.4) is 0 Å². The first-order valence-corrected chi connectivity index (χ1v) is 8.34. The van der Waals surface area contributed by atoms with Gasteiger partial charge in [0.15, 0.2) is 0 Å². The molecule has 2 heterocycles. The Bertz CT molecular complexity index is 1030. The Labute approximate surface area is 155 Å². The highest BCUT2D eigenvalue weighted by atomic mass is 16.5. The highest BCUT2D eigenvalue weighted by molar-refractivity contribution is 5.61. The molecule has 0 spiro atoms. The predicted octanol–water partition coefficient (Wildman–Crippen LogP) is 2.74. The topological polar surface area (TPSA) is 90.6 Å². The number of ether oxygens (including phenoxy) is 1. The van der Waals surface area contributed by atoms with Gasteiger partial charge in [0.2, 0.25) is 5.95 Å². The summed E-state index contributed by atoms with van der Waals surface area (Å²) in [5, 5.41) is 15.6. The Balaban J connectivity index is 1.55. The highest BCUT2D eigenvalue weighted by Crippen LogP contribution is 2.22. The van der Waals surface area contributed by atoms with Crippen LogP contribution < -0.4 is 10.1 Å². The van der Waals surface area contributed by atoms with E-state index in [9.17, 15) is 0 Å². The zero-order chi connectivity index (χ0) is 18.5. The molecule has 134 valence electrons. The summed E-state index contributed by atoms with van der Waals surface area (Å²) < 4.78 is 6.99. The quantitative estimate of drug-likeness (QED) is 0.566. The molecule has 0 saturated heterocycles. The molecule has 0 amide bonds. The predicted molar refractivity (Wildman–Crippen MR) is 101 cm³/mol. The molecular formula is C19H17N7O. The first kappa shape index (κ1) is 16.6. The second-order valence-electron chi connectivity index (χ2n) is 5.72. The molecule has 1 N–H and O–H groups in total. The monoisotopic (exact) mass is 359 g/mol. The molecule has 0 saturated carbocycles. The SMILES string of the molecule is COc1cccc(-c2cnnc(NCc3ccccc3-n3cncn3)n2)c1. The number of nitrogens with zero attached hydrogens (tertiary/aromatic N) is 6. The van der Waals surface area contributed by atoms with Crippen molar-refractivity contribution < 1.29 is 4.74 Å². The third-order valence-corrected chi connectivity index (χ3v) is 4.02. The summed E-state index contributed by atoms with van der Waals surface area (Å²) in [6.45, 7) is 0.527. The van der Waals surface area contributed by atoms with E-state index in [1.807, 2.05) is 48.5 Å². The van der Waals surface area contributed by atoms with E-state index >= 15 is 0 Å². The summed E-state index contributed by atoms with van der Waals surface area (Å²) >= 11 is 0. The zero-order valence-corrected chi connectivity index (χ0v) is 14.6. The molecule has 0 aliphatic rings. The summed E-state index contributed by atoms with van der Waals surface area (Å²) in [7, 11) is 1.64. The Morgan fingerprint density at radius 2 is 2.04 bits per heavy atom. The Kier molecular flexibility index (Phi) is 4.69. The molecule has 4 rings (SSSR count). The van der Waals surface area contributed by atoms with Crippen LogP contribution >= 0.6 is 0 Å². The van der Waals surface area contributed by atoms with Gasteiger partial charge in [0.1, 0.15) is 18.4 Å². The molecule has 2 aromatic heterocycles. The highest BCUT2D eigenvalue weighted by Gasteiger charge is 2.08. The largest absolute Gasteiger partial charge is 0.497 e. The molecule has 0 aliphatic heterocycles. The first-order chi connectivity index (χ1) is 13.3. The van der Waals surface area contributed by atoms with Crippen molar-refractivity contribution in [3.63, 3.8) is 0 Å².